The van der Waals surface area contributed by atoms with E-state index in [4.69, 9.17) is 5.11 Å². The van der Waals surface area contributed by atoms with Gasteiger partial charge in [-0.3, -0.25) is 19.7 Å². The maximum Gasteiger partial charge on any atom is 0.249 e. The number of aromatic hydroxyl groups is 1. The predicted molar refractivity (Wildman–Crippen MR) is 66.1 cm³/mol. The van der Waals surface area contributed by atoms with Crippen LogP contribution in [0.15, 0.2) is 24.3 Å². The zero-order valence-electron chi connectivity index (χ0n) is 10.2. The van der Waals surface area contributed by atoms with Crippen LogP contribution < -0.4 is 10.6 Å². The van der Waals surface area contributed by atoms with E-state index in [9.17, 15) is 14.4 Å². The van der Waals surface area contributed by atoms with Crippen molar-refractivity contribution in [3.63, 3.8) is 0 Å². The number of hydrogen-bond donors (Lipinski definition) is 3. The summed E-state index contributed by atoms with van der Waals surface area (Å²) in [7, 11) is 0. The van der Waals surface area contributed by atoms with Crippen LogP contribution in [0.1, 0.15) is 18.4 Å². The van der Waals surface area contributed by atoms with Crippen LogP contribution >= 0.6 is 0 Å². The van der Waals surface area contributed by atoms with Crippen LogP contribution in [0.3, 0.4) is 0 Å². The van der Waals surface area contributed by atoms with Gasteiger partial charge in [-0.2, -0.15) is 0 Å². The first-order chi connectivity index (χ1) is 9.04. The van der Waals surface area contributed by atoms with Gasteiger partial charge in [0.25, 0.3) is 0 Å². The molecule has 6 heteroatoms. The maximum absolute atomic E-state index is 11.6. The number of phenols is 1. The van der Waals surface area contributed by atoms with Crippen molar-refractivity contribution in [2.45, 2.75) is 25.3 Å². The van der Waals surface area contributed by atoms with Crippen molar-refractivity contribution in [2.75, 3.05) is 0 Å². The molecule has 19 heavy (non-hydrogen) atoms. The third kappa shape index (κ3) is 3.54. The van der Waals surface area contributed by atoms with E-state index in [0.717, 1.165) is 5.56 Å². The normalized spacial score (nSPS) is 18.2. The Balaban J connectivity index is 1.80. The summed E-state index contributed by atoms with van der Waals surface area (Å²) in [5.41, 5.74) is 0.917. The molecule has 1 aliphatic rings. The third-order valence-electron chi connectivity index (χ3n) is 2.88. The van der Waals surface area contributed by atoms with Crippen molar-refractivity contribution in [1.29, 1.82) is 0 Å². The Morgan fingerprint density at radius 3 is 2.58 bits per heavy atom. The standard InChI is InChI=1S/C13H14N2O4/c16-9-4-1-8(2-5-9)3-6-11(17)14-10-7-12(18)15-13(10)19/h1-2,4-5,10,16H,3,6-7H2,(H,14,17)(H,15,18,19). The summed E-state index contributed by atoms with van der Waals surface area (Å²) in [6, 6.07) is 5.81. The summed E-state index contributed by atoms with van der Waals surface area (Å²) in [6.07, 6.45) is 0.737. The van der Waals surface area contributed by atoms with Gasteiger partial charge in [-0.1, -0.05) is 12.1 Å². The first-order valence-electron chi connectivity index (χ1n) is 5.95. The SMILES string of the molecule is O=C1CC(NC(=O)CCc2ccc(O)cc2)C(=O)N1. The average Bonchev–Trinajstić information content (AvgIpc) is 2.67. The molecule has 3 N–H and O–H groups in total. The highest BCUT2D eigenvalue weighted by atomic mass is 16.3. The fourth-order valence-electron chi connectivity index (χ4n) is 1.86. The number of aryl methyl sites for hydroxylation is 1. The van der Waals surface area contributed by atoms with Crippen molar-refractivity contribution in [2.24, 2.45) is 0 Å². The second kappa shape index (κ2) is 5.51. The molecule has 1 aliphatic heterocycles. The topological polar surface area (TPSA) is 95.5 Å². The van der Waals surface area contributed by atoms with E-state index in [1.165, 1.54) is 0 Å². The molecule has 1 heterocycles. The molecule has 1 aromatic carbocycles. The number of phenolic OH excluding ortho intramolecular Hbond substituents is 1. The zero-order valence-corrected chi connectivity index (χ0v) is 10.2. The average molecular weight is 262 g/mol. The van der Waals surface area contributed by atoms with Crippen LogP contribution in [0, 0.1) is 0 Å². The summed E-state index contributed by atoms with van der Waals surface area (Å²) < 4.78 is 0. The van der Waals surface area contributed by atoms with Gasteiger partial charge < -0.3 is 10.4 Å². The number of carbonyl (C=O) groups excluding carboxylic acids is 3. The summed E-state index contributed by atoms with van der Waals surface area (Å²) in [4.78, 5) is 33.8. The smallest absolute Gasteiger partial charge is 0.249 e. The fourth-order valence-corrected chi connectivity index (χ4v) is 1.86. The molecule has 0 saturated carbocycles. The monoisotopic (exact) mass is 262 g/mol. The summed E-state index contributed by atoms with van der Waals surface area (Å²) >= 11 is 0. The van der Waals surface area contributed by atoms with Gasteiger partial charge in [0.2, 0.25) is 17.7 Å². The van der Waals surface area contributed by atoms with Crippen molar-refractivity contribution < 1.29 is 19.5 Å². The number of amides is 3. The number of carbonyl (C=O) groups is 3. The minimum atomic E-state index is -0.750. The van der Waals surface area contributed by atoms with Gasteiger partial charge in [0.05, 0.1) is 6.42 Å². The molecule has 0 radical (unpaired) electrons. The zero-order chi connectivity index (χ0) is 13.8. The number of rotatable bonds is 4. The highest BCUT2D eigenvalue weighted by Crippen LogP contribution is 2.11. The Labute approximate surface area is 109 Å². The van der Waals surface area contributed by atoms with Crippen molar-refractivity contribution >= 4 is 17.7 Å². The minimum absolute atomic E-state index is 0.00375. The lowest BCUT2D eigenvalue weighted by Crippen LogP contribution is -2.40. The highest BCUT2D eigenvalue weighted by Gasteiger charge is 2.31. The van der Waals surface area contributed by atoms with Crippen LogP contribution in [-0.2, 0) is 20.8 Å². The molecule has 1 atom stereocenters. The van der Waals surface area contributed by atoms with E-state index in [1.54, 1.807) is 24.3 Å². The molecule has 0 aliphatic carbocycles. The van der Waals surface area contributed by atoms with Gasteiger partial charge in [-0.05, 0) is 24.1 Å². The first-order valence-corrected chi connectivity index (χ1v) is 5.95. The molecule has 100 valence electrons. The lowest BCUT2D eigenvalue weighted by atomic mass is 10.1. The molecule has 3 amide bonds. The molecular formula is C13H14N2O4. The largest absolute Gasteiger partial charge is 0.508 e. The van der Waals surface area contributed by atoms with E-state index >= 15 is 0 Å². The van der Waals surface area contributed by atoms with Gasteiger partial charge in [0.1, 0.15) is 11.8 Å². The Kier molecular flexibility index (Phi) is 3.79. The molecule has 6 nitrogen and oxygen atoms in total. The van der Waals surface area contributed by atoms with Crippen LogP contribution in [-0.4, -0.2) is 28.9 Å². The van der Waals surface area contributed by atoms with Crippen LogP contribution in [0.5, 0.6) is 5.75 Å². The second-order valence-electron chi connectivity index (χ2n) is 4.40. The summed E-state index contributed by atoms with van der Waals surface area (Å²) in [5.74, 6) is -0.922. The van der Waals surface area contributed by atoms with E-state index in [0.29, 0.717) is 6.42 Å². The van der Waals surface area contributed by atoms with Crippen LogP contribution in [0.4, 0.5) is 0 Å². The second-order valence-corrected chi connectivity index (χ2v) is 4.40. The van der Waals surface area contributed by atoms with Gasteiger partial charge in [-0.15, -0.1) is 0 Å². The van der Waals surface area contributed by atoms with E-state index < -0.39 is 11.9 Å². The Bertz CT molecular complexity index is 510. The lowest BCUT2D eigenvalue weighted by molar-refractivity contribution is -0.128. The van der Waals surface area contributed by atoms with E-state index in [2.05, 4.69) is 10.6 Å². The first kappa shape index (κ1) is 13.1. The molecule has 0 spiro atoms. The molecular weight excluding hydrogens is 248 g/mol. The van der Waals surface area contributed by atoms with Gasteiger partial charge in [-0.25, -0.2) is 0 Å². The van der Waals surface area contributed by atoms with E-state index in [-0.39, 0.29) is 30.4 Å². The molecule has 0 bridgehead atoms. The molecule has 1 aromatic rings. The lowest BCUT2D eigenvalue weighted by Gasteiger charge is -2.09. The van der Waals surface area contributed by atoms with Gasteiger partial charge >= 0.3 is 0 Å². The van der Waals surface area contributed by atoms with Gasteiger partial charge in [0, 0.05) is 6.42 Å². The highest BCUT2D eigenvalue weighted by molar-refractivity contribution is 6.06. The van der Waals surface area contributed by atoms with Crippen molar-refractivity contribution in [3.05, 3.63) is 29.8 Å². The van der Waals surface area contributed by atoms with Crippen LogP contribution in [0.2, 0.25) is 0 Å². The Morgan fingerprint density at radius 1 is 1.32 bits per heavy atom. The quantitative estimate of drug-likeness (QED) is 0.658. The molecule has 1 saturated heterocycles. The summed E-state index contributed by atoms with van der Waals surface area (Å²) in [6.45, 7) is 0. The number of imide groups is 1. The van der Waals surface area contributed by atoms with Crippen LogP contribution in [0.25, 0.3) is 0 Å². The maximum atomic E-state index is 11.6. The molecule has 2 rings (SSSR count). The summed E-state index contributed by atoms with van der Waals surface area (Å²) in [5, 5.41) is 13.8. The third-order valence-corrected chi connectivity index (χ3v) is 2.88. The van der Waals surface area contributed by atoms with E-state index in [1.807, 2.05) is 0 Å². The number of benzene rings is 1. The van der Waals surface area contributed by atoms with Crippen molar-refractivity contribution in [1.82, 2.24) is 10.6 Å². The minimum Gasteiger partial charge on any atom is -0.508 e. The number of hydrogen-bond acceptors (Lipinski definition) is 4. The van der Waals surface area contributed by atoms with Gasteiger partial charge in [0.15, 0.2) is 0 Å². The Morgan fingerprint density at radius 2 is 2.00 bits per heavy atom. The number of nitrogens with one attached hydrogen (secondary N) is 2. The predicted octanol–water partition coefficient (Wildman–Crippen LogP) is -0.144. The molecule has 1 unspecified atom stereocenters. The fraction of sp³-hybridized carbons (Fsp3) is 0.308. The Hall–Kier alpha value is -2.37. The molecule has 0 aromatic heterocycles. The molecule has 1 fully saturated rings. The van der Waals surface area contributed by atoms with Crippen molar-refractivity contribution in [3.8, 4) is 5.75 Å².